The van der Waals surface area contributed by atoms with Crippen molar-refractivity contribution in [1.29, 1.82) is 5.26 Å². The monoisotopic (exact) mass is 504 g/mol. The fraction of sp³-hybridized carbons (Fsp3) is 0.300. The molecule has 1 aliphatic rings. The molecular formula is C20H15F3N8O3S. The summed E-state index contributed by atoms with van der Waals surface area (Å²) in [4.78, 5) is 21.2. The van der Waals surface area contributed by atoms with E-state index in [2.05, 4.69) is 25.5 Å². The summed E-state index contributed by atoms with van der Waals surface area (Å²) < 4.78 is 67.0. The molecule has 1 saturated carbocycles. The molecule has 15 heteroatoms. The van der Waals surface area contributed by atoms with Crippen LogP contribution in [0.1, 0.15) is 35.9 Å². The lowest BCUT2D eigenvalue weighted by molar-refractivity contribution is -0.141. The molecule has 1 aliphatic carbocycles. The third-order valence-corrected chi connectivity index (χ3v) is 7.22. The standard InChI is InChI=1S/C20H15F3N8O3S/c1-2-35(33,34)18-15(11-4-8-30-14(26-11)9-13(28-30)20(21,22)23)16-25-7-3-12(31(16)29-18)17(32)27-19(10-24)5-6-19/h3-4,7-9H,2,5-6H2,1H3,(H,27,32). The van der Waals surface area contributed by atoms with E-state index in [1.807, 2.05) is 6.07 Å². The number of nitrogens with zero attached hydrogens (tertiary/aromatic N) is 7. The Labute approximate surface area is 195 Å². The van der Waals surface area contributed by atoms with Crippen LogP contribution in [0.3, 0.4) is 0 Å². The maximum Gasteiger partial charge on any atom is 0.435 e. The van der Waals surface area contributed by atoms with Crippen molar-refractivity contribution in [2.75, 3.05) is 5.75 Å². The molecule has 0 spiro atoms. The van der Waals surface area contributed by atoms with Crippen molar-refractivity contribution >= 4 is 27.0 Å². The average molecular weight is 504 g/mol. The van der Waals surface area contributed by atoms with E-state index in [1.54, 1.807) is 0 Å². The number of halogens is 3. The third-order valence-electron chi connectivity index (χ3n) is 5.58. The minimum absolute atomic E-state index is 0.0195. The van der Waals surface area contributed by atoms with E-state index < -0.39 is 38.2 Å². The Morgan fingerprint density at radius 3 is 2.66 bits per heavy atom. The number of sulfone groups is 1. The van der Waals surface area contributed by atoms with E-state index in [9.17, 15) is 31.6 Å². The lowest BCUT2D eigenvalue weighted by Crippen LogP contribution is -2.36. The second kappa shape index (κ2) is 7.47. The zero-order chi connectivity index (χ0) is 25.2. The molecular weight excluding hydrogens is 489 g/mol. The Hall–Kier alpha value is -4.06. The van der Waals surface area contributed by atoms with Gasteiger partial charge in [0.2, 0.25) is 0 Å². The summed E-state index contributed by atoms with van der Waals surface area (Å²) >= 11 is 0. The second-order valence-electron chi connectivity index (χ2n) is 7.94. The molecule has 0 radical (unpaired) electrons. The molecule has 1 amide bonds. The van der Waals surface area contributed by atoms with Gasteiger partial charge in [0.05, 0.1) is 23.1 Å². The van der Waals surface area contributed by atoms with Crippen molar-refractivity contribution in [2.24, 2.45) is 0 Å². The van der Waals surface area contributed by atoms with Gasteiger partial charge in [-0.15, -0.1) is 0 Å². The van der Waals surface area contributed by atoms with Gasteiger partial charge in [-0.2, -0.15) is 28.6 Å². The van der Waals surface area contributed by atoms with Gasteiger partial charge in [-0.3, -0.25) is 4.79 Å². The number of alkyl halides is 3. The smallest absolute Gasteiger partial charge is 0.332 e. The SMILES string of the molecule is CCS(=O)(=O)c1nn2c(C(=O)NC3(C#N)CC3)ccnc2c1-c1ccn2nc(C(F)(F)F)cc2n1. The van der Waals surface area contributed by atoms with Gasteiger partial charge in [0.25, 0.3) is 5.91 Å². The number of amides is 1. The van der Waals surface area contributed by atoms with E-state index in [0.29, 0.717) is 12.8 Å². The van der Waals surface area contributed by atoms with Crippen LogP contribution in [-0.4, -0.2) is 54.8 Å². The molecule has 0 aromatic carbocycles. The first-order valence-corrected chi connectivity index (χ1v) is 11.9. The molecule has 1 fully saturated rings. The second-order valence-corrected chi connectivity index (χ2v) is 10.1. The highest BCUT2D eigenvalue weighted by atomic mass is 32.2. The first-order chi connectivity index (χ1) is 16.5. The van der Waals surface area contributed by atoms with E-state index in [1.165, 1.54) is 31.5 Å². The number of nitriles is 1. The van der Waals surface area contributed by atoms with Crippen LogP contribution in [0.15, 0.2) is 35.6 Å². The van der Waals surface area contributed by atoms with E-state index in [4.69, 9.17) is 0 Å². The summed E-state index contributed by atoms with van der Waals surface area (Å²) in [5.41, 5.74) is -2.51. The molecule has 4 aromatic heterocycles. The maximum absolute atomic E-state index is 13.1. The van der Waals surface area contributed by atoms with Crippen molar-refractivity contribution < 1.29 is 26.4 Å². The van der Waals surface area contributed by atoms with E-state index in [0.717, 1.165) is 15.1 Å². The Kier molecular flexibility index (Phi) is 4.85. The molecule has 1 N–H and O–H groups in total. The Morgan fingerprint density at radius 1 is 1.29 bits per heavy atom. The molecule has 0 unspecified atom stereocenters. The van der Waals surface area contributed by atoms with Gasteiger partial charge in [-0.25, -0.2) is 27.4 Å². The highest BCUT2D eigenvalue weighted by Gasteiger charge is 2.45. The predicted octanol–water partition coefficient (Wildman–Crippen LogP) is 2.04. The number of carbonyl (C=O) groups is 1. The first-order valence-electron chi connectivity index (χ1n) is 10.3. The number of hydrogen-bond donors (Lipinski definition) is 1. The summed E-state index contributed by atoms with van der Waals surface area (Å²) in [6.45, 7) is 1.40. The minimum Gasteiger partial charge on any atom is -0.332 e. The molecule has 180 valence electrons. The number of aromatic nitrogens is 6. The van der Waals surface area contributed by atoms with Crippen molar-refractivity contribution in [3.63, 3.8) is 0 Å². The summed E-state index contributed by atoms with van der Waals surface area (Å²) in [7, 11) is -3.98. The predicted molar refractivity (Wildman–Crippen MR) is 113 cm³/mol. The fourth-order valence-electron chi connectivity index (χ4n) is 3.50. The number of carbonyl (C=O) groups excluding carboxylic acids is 1. The molecule has 35 heavy (non-hydrogen) atoms. The largest absolute Gasteiger partial charge is 0.435 e. The average Bonchev–Trinajstić information content (AvgIpc) is 3.27. The van der Waals surface area contributed by atoms with Crippen molar-refractivity contribution in [3.05, 3.63) is 42.0 Å². The van der Waals surface area contributed by atoms with Gasteiger partial charge in [-0.05, 0) is 25.0 Å². The third kappa shape index (κ3) is 3.75. The molecule has 0 atom stereocenters. The van der Waals surface area contributed by atoms with Crippen LogP contribution in [0.25, 0.3) is 22.6 Å². The Morgan fingerprint density at radius 2 is 2.03 bits per heavy atom. The number of hydrogen-bond acceptors (Lipinski definition) is 8. The normalized spacial score (nSPS) is 15.3. The van der Waals surface area contributed by atoms with Crippen LogP contribution >= 0.6 is 0 Å². The van der Waals surface area contributed by atoms with Crippen molar-refractivity contribution in [1.82, 2.24) is 34.5 Å². The molecule has 5 rings (SSSR count). The van der Waals surface area contributed by atoms with Gasteiger partial charge in [0.1, 0.15) is 11.2 Å². The van der Waals surface area contributed by atoms with Crippen LogP contribution in [0, 0.1) is 11.3 Å². The number of fused-ring (bicyclic) bond motifs is 2. The molecule has 11 nitrogen and oxygen atoms in total. The Balaban J connectivity index is 1.72. The molecule has 0 bridgehead atoms. The van der Waals surface area contributed by atoms with Crippen LogP contribution in [0.5, 0.6) is 0 Å². The van der Waals surface area contributed by atoms with Gasteiger partial charge < -0.3 is 5.32 Å². The van der Waals surface area contributed by atoms with Gasteiger partial charge in [0.15, 0.2) is 31.9 Å². The van der Waals surface area contributed by atoms with Crippen LogP contribution in [-0.2, 0) is 16.0 Å². The summed E-state index contributed by atoms with van der Waals surface area (Å²) in [6, 6.07) is 5.37. The summed E-state index contributed by atoms with van der Waals surface area (Å²) in [5, 5.41) is 19.0. The quantitative estimate of drug-likeness (QED) is 0.434. The summed E-state index contributed by atoms with van der Waals surface area (Å²) in [6.07, 6.45) is -1.25. The van der Waals surface area contributed by atoms with Gasteiger partial charge >= 0.3 is 6.18 Å². The lowest BCUT2D eigenvalue weighted by atomic mass is 10.2. The maximum atomic E-state index is 13.1. The molecule has 0 saturated heterocycles. The van der Waals surface area contributed by atoms with Crippen LogP contribution in [0.4, 0.5) is 13.2 Å². The topological polar surface area (TPSA) is 147 Å². The molecule has 4 aromatic rings. The van der Waals surface area contributed by atoms with E-state index in [-0.39, 0.29) is 34.0 Å². The minimum atomic E-state index is -4.69. The zero-order valence-corrected chi connectivity index (χ0v) is 18.7. The highest BCUT2D eigenvalue weighted by Crippen LogP contribution is 2.35. The van der Waals surface area contributed by atoms with Crippen molar-refractivity contribution in [2.45, 2.75) is 36.5 Å². The lowest BCUT2D eigenvalue weighted by Gasteiger charge is -2.09. The van der Waals surface area contributed by atoms with Gasteiger partial charge in [-0.1, -0.05) is 6.92 Å². The first kappa shape index (κ1) is 22.7. The number of rotatable bonds is 5. The van der Waals surface area contributed by atoms with Gasteiger partial charge in [0, 0.05) is 18.5 Å². The van der Waals surface area contributed by atoms with Crippen LogP contribution < -0.4 is 5.32 Å². The number of nitrogens with one attached hydrogen (secondary N) is 1. The molecule has 0 aliphatic heterocycles. The fourth-order valence-corrected chi connectivity index (χ4v) is 4.49. The van der Waals surface area contributed by atoms with Crippen LogP contribution in [0.2, 0.25) is 0 Å². The highest BCUT2D eigenvalue weighted by molar-refractivity contribution is 7.91. The van der Waals surface area contributed by atoms with Crippen molar-refractivity contribution in [3.8, 4) is 17.3 Å². The van der Waals surface area contributed by atoms with E-state index >= 15 is 0 Å². The molecule has 4 heterocycles. The zero-order valence-electron chi connectivity index (χ0n) is 17.9. The Bertz CT molecular complexity index is 1660. The summed E-state index contributed by atoms with van der Waals surface area (Å²) in [5.74, 6) is -0.990.